The molecule has 0 aliphatic carbocycles. The van der Waals surface area contributed by atoms with Crippen molar-refractivity contribution in [1.29, 1.82) is 0 Å². The van der Waals surface area contributed by atoms with Crippen LogP contribution in [-0.4, -0.2) is 40.1 Å². The Balaban J connectivity index is 0.00000838. The molecule has 2 aliphatic rings. The first-order valence-electron chi connectivity index (χ1n) is 30.0. The molecule has 0 saturated heterocycles. The summed E-state index contributed by atoms with van der Waals surface area (Å²) in [5.74, 6) is -0.648. The summed E-state index contributed by atoms with van der Waals surface area (Å²) in [5, 5.41) is 24.1. The smallest absolute Gasteiger partial charge is 0.503 e. The van der Waals surface area contributed by atoms with Gasteiger partial charge in [-0.25, -0.2) is 9.97 Å². The molecule has 438 valence electrons. The quantitative estimate of drug-likeness (QED) is 0.154. The van der Waals surface area contributed by atoms with Gasteiger partial charge in [0.05, 0.1) is 11.6 Å². The third-order valence-corrected chi connectivity index (χ3v) is 16.7. The first-order chi connectivity index (χ1) is 40.2. The van der Waals surface area contributed by atoms with Crippen molar-refractivity contribution in [3.05, 3.63) is 213 Å². The van der Waals surface area contributed by atoms with Gasteiger partial charge in [-0.05, 0) is 99.3 Å². The van der Waals surface area contributed by atoms with Gasteiger partial charge in [0.2, 0.25) is 0 Å². The average molecular weight is 1200 g/mol. The van der Waals surface area contributed by atoms with Crippen LogP contribution in [0.15, 0.2) is 146 Å². The van der Waals surface area contributed by atoms with E-state index in [1.54, 1.807) is 0 Å². The first kappa shape index (κ1) is 61.9. The van der Waals surface area contributed by atoms with Crippen LogP contribution in [0.1, 0.15) is 192 Å². The van der Waals surface area contributed by atoms with Gasteiger partial charge in [-0.15, -0.1) is 0 Å². The second-order valence-electron chi connectivity index (χ2n) is 29.4. The largest absolute Gasteiger partial charge is 2.00 e. The van der Waals surface area contributed by atoms with Crippen LogP contribution in [0.4, 0.5) is 0 Å². The molecule has 0 atom stereocenters. The second kappa shape index (κ2) is 22.2. The molecule has 0 radical (unpaired) electrons. The van der Waals surface area contributed by atoms with Crippen LogP contribution in [0.3, 0.4) is 0 Å². The molecule has 2 aliphatic heterocycles. The van der Waals surface area contributed by atoms with Crippen LogP contribution in [-0.2, 0) is 52.0 Å². The molecule has 8 bridgehead atoms. The van der Waals surface area contributed by atoms with E-state index in [1.807, 2.05) is 0 Å². The van der Waals surface area contributed by atoms with Gasteiger partial charge >= 0.3 is 19.5 Å². The minimum atomic E-state index is -0.546. The van der Waals surface area contributed by atoms with E-state index in [0.717, 1.165) is 66.8 Å². The molecular formula is C76H80N8O2Zn. The number of hydrogen-bond acceptors (Lipinski definition) is 8. The van der Waals surface area contributed by atoms with Crippen molar-refractivity contribution in [2.45, 2.75) is 157 Å². The second-order valence-corrected chi connectivity index (χ2v) is 29.4. The third-order valence-electron chi connectivity index (χ3n) is 16.7. The molecule has 6 aromatic carbocycles. The number of hydrogen-bond donors (Lipinski definition) is 2. The van der Waals surface area contributed by atoms with Gasteiger partial charge in [0.1, 0.15) is 11.6 Å². The molecule has 0 unspecified atom stereocenters. The molecule has 0 fully saturated rings. The summed E-state index contributed by atoms with van der Waals surface area (Å²) in [4.78, 5) is 42.8. The van der Waals surface area contributed by atoms with Crippen LogP contribution in [0.25, 0.3) is 89.8 Å². The molecule has 10 nitrogen and oxygen atoms in total. The average Bonchev–Trinajstić information content (AvgIpc) is 1.73. The zero-order valence-corrected chi connectivity index (χ0v) is 57.0. The van der Waals surface area contributed by atoms with Crippen molar-refractivity contribution in [3.63, 3.8) is 0 Å². The summed E-state index contributed by atoms with van der Waals surface area (Å²) in [5.41, 5.74) is 16.8. The normalized spacial score (nSPS) is 13.5. The van der Waals surface area contributed by atoms with Crippen molar-refractivity contribution >= 4 is 45.3 Å². The SMILES string of the molecule is CC(C)(C)c1ccc(C2=C(c3ccc(C(C)(C)C)cc3)c3nc2nc2[n-]c(nc4nc(nc5[n-]c(n3)c(-c3ccc(C(C)(C)C)cc3)c5-c3ccc(C(C)(C)C)cc3)C(O)=C4O)c(-c3ccc(C(C)(C)C)cc3)c2-c2ccc(C(C)(C)C)cc2)cc1.[Zn+2]. The fourth-order valence-corrected chi connectivity index (χ4v) is 11.2. The Labute approximate surface area is 526 Å². The Morgan fingerprint density at radius 3 is 0.609 bits per heavy atom. The van der Waals surface area contributed by atoms with Gasteiger partial charge in [-0.1, -0.05) is 270 Å². The van der Waals surface area contributed by atoms with Crippen LogP contribution < -0.4 is 9.97 Å². The van der Waals surface area contributed by atoms with Crippen molar-refractivity contribution in [1.82, 2.24) is 39.9 Å². The van der Waals surface area contributed by atoms with Gasteiger partial charge in [0.15, 0.2) is 11.5 Å². The van der Waals surface area contributed by atoms with Crippen molar-refractivity contribution in [2.75, 3.05) is 0 Å². The number of fused-ring (bicyclic) bond motifs is 8. The van der Waals surface area contributed by atoms with Gasteiger partial charge in [-0.3, -0.25) is 0 Å². The number of rotatable bonds is 6. The molecule has 5 heterocycles. The predicted octanol–water partition coefficient (Wildman–Crippen LogP) is 18.6. The molecule has 0 spiro atoms. The van der Waals surface area contributed by atoms with Gasteiger partial charge in [0.25, 0.3) is 0 Å². The minimum Gasteiger partial charge on any atom is -0.503 e. The maximum absolute atomic E-state index is 12.1. The summed E-state index contributed by atoms with van der Waals surface area (Å²) in [6.45, 7) is 39.7. The van der Waals surface area contributed by atoms with E-state index in [2.05, 4.69) is 270 Å². The van der Waals surface area contributed by atoms with E-state index >= 15 is 0 Å². The van der Waals surface area contributed by atoms with Crippen LogP contribution in [0, 0.1) is 0 Å². The minimum absolute atomic E-state index is 0. The van der Waals surface area contributed by atoms with E-state index in [4.69, 9.17) is 39.9 Å². The van der Waals surface area contributed by atoms with Gasteiger partial charge < -0.3 is 40.1 Å². The van der Waals surface area contributed by atoms with E-state index in [1.165, 1.54) is 11.1 Å². The van der Waals surface area contributed by atoms with E-state index in [-0.39, 0.29) is 74.9 Å². The molecule has 0 amide bonds. The number of aromatic nitrogens is 8. The molecule has 11 heteroatoms. The topological polar surface area (TPSA) is 146 Å². The fourth-order valence-electron chi connectivity index (χ4n) is 11.2. The van der Waals surface area contributed by atoms with Crippen LogP contribution in [0.5, 0.6) is 0 Å². The maximum atomic E-state index is 12.1. The Morgan fingerprint density at radius 2 is 0.414 bits per heavy atom. The molecule has 3 aromatic heterocycles. The summed E-state index contributed by atoms with van der Waals surface area (Å²) in [6, 6.07) is 51.4. The first-order valence-corrected chi connectivity index (χ1v) is 30.0. The third kappa shape index (κ3) is 12.2. The maximum Gasteiger partial charge on any atom is 2.00 e. The van der Waals surface area contributed by atoms with Crippen molar-refractivity contribution in [2.24, 2.45) is 0 Å². The fraction of sp³-hybridized carbons (Fsp3) is 0.316. The van der Waals surface area contributed by atoms with Crippen molar-refractivity contribution < 1.29 is 29.7 Å². The Morgan fingerprint density at radius 1 is 0.241 bits per heavy atom. The summed E-state index contributed by atoms with van der Waals surface area (Å²) in [6.07, 6.45) is 0. The van der Waals surface area contributed by atoms with E-state index in [0.29, 0.717) is 45.2 Å². The van der Waals surface area contributed by atoms with Gasteiger partial charge in [0, 0.05) is 56.0 Å². The Kier molecular flexibility index (Phi) is 15.8. The summed E-state index contributed by atoms with van der Waals surface area (Å²) < 4.78 is 0. The number of aliphatic hydroxyl groups is 2. The zero-order chi connectivity index (χ0) is 61.8. The van der Waals surface area contributed by atoms with E-state index < -0.39 is 11.5 Å². The van der Waals surface area contributed by atoms with Crippen molar-refractivity contribution in [3.8, 4) is 44.5 Å². The monoisotopic (exact) mass is 1200 g/mol. The molecule has 11 rings (SSSR count). The number of aliphatic hydroxyl groups excluding tert-OH is 2. The number of benzene rings is 6. The molecular weight excluding hydrogens is 1120 g/mol. The van der Waals surface area contributed by atoms with Crippen LogP contribution in [0.2, 0.25) is 0 Å². The zero-order valence-electron chi connectivity index (χ0n) is 54.0. The molecule has 2 N–H and O–H groups in total. The Hall–Kier alpha value is -8.14. The Bertz CT molecular complexity index is 4060. The summed E-state index contributed by atoms with van der Waals surface area (Å²) >= 11 is 0. The van der Waals surface area contributed by atoms with Gasteiger partial charge in [-0.2, -0.15) is 0 Å². The number of nitrogens with zero attached hydrogens (tertiary/aromatic N) is 8. The van der Waals surface area contributed by atoms with Crippen LogP contribution >= 0.6 is 0 Å². The predicted molar refractivity (Wildman–Crippen MR) is 354 cm³/mol. The summed E-state index contributed by atoms with van der Waals surface area (Å²) in [7, 11) is 0. The standard InChI is InChI=1S/C76H80N8O2.Zn/c1-71(2,3)49-31-19-43(20-32-49)55-56(44-21-33-50(34-22-44)72(4,5)6)64-77-63(55)78-65-57(45-23-35-51(36-24-45)73(7,8)9)59(47-27-39-53(40-28-47)75(13,14)15)67(80-65)82-69-61(85)62(86)70(84-69)83-68-60(48-29-41-54(42-30-48)76(16,17)18)58(66(79-64)81-68)46-25-37-52(38-26-46)74(10,11)12;/h19-42H,1-18H3,(H2-2,77,78,79,80,81,82,83,84,85,86);/q-2;+2. The molecule has 0 saturated carbocycles. The molecule has 9 aromatic rings. The molecule has 87 heavy (non-hydrogen) atoms. The van der Waals surface area contributed by atoms with E-state index in [9.17, 15) is 10.2 Å².